The van der Waals surface area contributed by atoms with Gasteiger partial charge in [-0.15, -0.1) is 0 Å². The van der Waals surface area contributed by atoms with E-state index in [0.717, 1.165) is 55.3 Å². The summed E-state index contributed by atoms with van der Waals surface area (Å²) in [6.45, 7) is 4.44. The van der Waals surface area contributed by atoms with Gasteiger partial charge in [0.05, 0.1) is 0 Å². The number of ether oxygens (including phenoxy) is 1. The minimum absolute atomic E-state index is 0.0541. The second kappa shape index (κ2) is 11.6. The first-order valence-electron chi connectivity index (χ1n) is 12.9. The summed E-state index contributed by atoms with van der Waals surface area (Å²) in [5, 5.41) is 0. The van der Waals surface area contributed by atoms with Crippen molar-refractivity contribution < 1.29 is 9.53 Å². The van der Waals surface area contributed by atoms with Crippen molar-refractivity contribution in [2.75, 3.05) is 0 Å². The van der Waals surface area contributed by atoms with Crippen molar-refractivity contribution >= 4 is 5.97 Å². The lowest BCUT2D eigenvalue weighted by atomic mass is 9.56. The monoisotopic (exact) mass is 390 g/mol. The molecule has 0 aromatic carbocycles. The van der Waals surface area contributed by atoms with E-state index < -0.39 is 0 Å². The maximum atomic E-state index is 12.0. The number of esters is 1. The Morgan fingerprint density at radius 3 is 2.18 bits per heavy atom. The predicted octanol–water partition coefficient (Wildman–Crippen LogP) is 7.69. The van der Waals surface area contributed by atoms with Crippen LogP contribution in [-0.2, 0) is 9.53 Å². The molecule has 0 aromatic heterocycles. The molecule has 0 spiro atoms. The summed E-state index contributed by atoms with van der Waals surface area (Å²) in [4.78, 5) is 12.0. The van der Waals surface area contributed by atoms with Crippen molar-refractivity contribution in [1.29, 1.82) is 0 Å². The van der Waals surface area contributed by atoms with Crippen LogP contribution in [0.15, 0.2) is 0 Å². The van der Waals surface area contributed by atoms with Gasteiger partial charge in [0.25, 0.3) is 0 Å². The van der Waals surface area contributed by atoms with Gasteiger partial charge in [-0.2, -0.15) is 0 Å². The summed E-state index contributed by atoms with van der Waals surface area (Å²) in [5.74, 6) is 4.86. The normalized spacial score (nSPS) is 35.1. The Balaban J connectivity index is 1.40. The van der Waals surface area contributed by atoms with Gasteiger partial charge < -0.3 is 4.74 Å². The highest BCUT2D eigenvalue weighted by atomic mass is 16.5. The molecule has 0 bridgehead atoms. The largest absolute Gasteiger partial charge is 0.462 e. The van der Waals surface area contributed by atoms with E-state index in [1.54, 1.807) is 0 Å². The molecule has 0 heterocycles. The summed E-state index contributed by atoms with van der Waals surface area (Å²) in [5.41, 5.74) is 0. The first kappa shape index (κ1) is 22.2. The lowest BCUT2D eigenvalue weighted by molar-refractivity contribution is -0.153. The summed E-state index contributed by atoms with van der Waals surface area (Å²) < 4.78 is 5.83. The minimum Gasteiger partial charge on any atom is -0.462 e. The van der Waals surface area contributed by atoms with Gasteiger partial charge in [0, 0.05) is 6.42 Å². The highest BCUT2D eigenvalue weighted by molar-refractivity contribution is 5.69. The summed E-state index contributed by atoms with van der Waals surface area (Å²) >= 11 is 0. The molecule has 0 amide bonds. The molecule has 0 radical (unpaired) electrons. The van der Waals surface area contributed by atoms with Crippen LogP contribution in [0.5, 0.6) is 0 Å². The van der Waals surface area contributed by atoms with Crippen LogP contribution in [0.3, 0.4) is 0 Å². The molecule has 2 heteroatoms. The molecule has 6 atom stereocenters. The van der Waals surface area contributed by atoms with Crippen LogP contribution < -0.4 is 0 Å². The molecule has 3 fully saturated rings. The van der Waals surface area contributed by atoms with Gasteiger partial charge in [0.2, 0.25) is 0 Å². The Morgan fingerprint density at radius 1 is 0.750 bits per heavy atom. The third kappa shape index (κ3) is 6.23. The van der Waals surface area contributed by atoms with E-state index in [4.69, 9.17) is 4.74 Å². The zero-order valence-electron chi connectivity index (χ0n) is 18.8. The van der Waals surface area contributed by atoms with Crippen molar-refractivity contribution in [2.45, 2.75) is 129 Å². The van der Waals surface area contributed by atoms with Crippen molar-refractivity contribution in [1.82, 2.24) is 0 Å². The fraction of sp³-hybridized carbons (Fsp3) is 0.962. The van der Waals surface area contributed by atoms with Crippen molar-refractivity contribution in [3.8, 4) is 0 Å². The number of carbonyl (C=O) groups excluding carboxylic acids is 1. The molecular weight excluding hydrogens is 344 g/mol. The van der Waals surface area contributed by atoms with Crippen LogP contribution in [0.1, 0.15) is 123 Å². The Hall–Kier alpha value is -0.530. The fourth-order valence-electron chi connectivity index (χ4n) is 6.82. The van der Waals surface area contributed by atoms with E-state index in [2.05, 4.69) is 13.8 Å². The van der Waals surface area contributed by atoms with Gasteiger partial charge in [0.1, 0.15) is 6.10 Å². The summed E-state index contributed by atoms with van der Waals surface area (Å²) in [7, 11) is 0. The van der Waals surface area contributed by atoms with E-state index in [1.807, 2.05) is 0 Å². The Labute approximate surface area is 174 Å². The Kier molecular flexibility index (Phi) is 9.18. The molecule has 162 valence electrons. The van der Waals surface area contributed by atoms with Gasteiger partial charge in [-0.05, 0) is 81.0 Å². The molecule has 0 saturated heterocycles. The fourth-order valence-corrected chi connectivity index (χ4v) is 6.82. The van der Waals surface area contributed by atoms with Crippen LogP contribution in [0.4, 0.5) is 0 Å². The molecule has 3 saturated carbocycles. The second-order valence-corrected chi connectivity index (χ2v) is 10.3. The molecule has 0 aliphatic heterocycles. The third-order valence-electron chi connectivity index (χ3n) is 8.35. The topological polar surface area (TPSA) is 26.3 Å². The number of hydrogen-bond acceptors (Lipinski definition) is 2. The molecule has 28 heavy (non-hydrogen) atoms. The lowest BCUT2D eigenvalue weighted by Crippen LogP contribution is -2.43. The van der Waals surface area contributed by atoms with Gasteiger partial charge in [-0.1, -0.05) is 65.2 Å². The van der Waals surface area contributed by atoms with Crippen LogP contribution in [0.25, 0.3) is 0 Å². The Bertz CT molecular complexity index is 459. The quantitative estimate of drug-likeness (QED) is 0.282. The minimum atomic E-state index is 0.0541. The SMILES string of the molecule is CCCCCCC[C@@H]1CCC2C(CCC3C[C@H](OC(=O)CCCC)CCC32)C1. The zero-order valence-corrected chi connectivity index (χ0v) is 18.8. The number of fused-ring (bicyclic) bond motifs is 3. The van der Waals surface area contributed by atoms with Gasteiger partial charge in [0.15, 0.2) is 0 Å². The molecule has 3 rings (SSSR count). The first-order valence-corrected chi connectivity index (χ1v) is 12.9. The smallest absolute Gasteiger partial charge is 0.306 e. The van der Waals surface area contributed by atoms with Crippen LogP contribution in [0.2, 0.25) is 0 Å². The maximum absolute atomic E-state index is 12.0. The van der Waals surface area contributed by atoms with Crippen molar-refractivity contribution in [3.05, 3.63) is 0 Å². The van der Waals surface area contributed by atoms with E-state index >= 15 is 0 Å². The molecular formula is C26H46O2. The van der Waals surface area contributed by atoms with E-state index in [1.165, 1.54) is 77.0 Å². The standard InChI is InChI=1S/C26H46O2/c1-3-5-7-8-9-10-20-12-16-24-21(18-20)13-14-22-19-23(15-17-25(22)24)28-26(27)11-6-4-2/h20-25H,3-19H2,1-2H3/t20-,21?,22?,23-,24?,25?/m1/s1. The van der Waals surface area contributed by atoms with E-state index in [0.29, 0.717) is 6.42 Å². The Morgan fingerprint density at radius 2 is 1.43 bits per heavy atom. The van der Waals surface area contributed by atoms with Crippen LogP contribution in [-0.4, -0.2) is 12.1 Å². The average molecular weight is 391 g/mol. The molecule has 0 N–H and O–H groups in total. The second-order valence-electron chi connectivity index (χ2n) is 10.3. The number of rotatable bonds is 10. The number of carbonyl (C=O) groups is 1. The van der Waals surface area contributed by atoms with Crippen molar-refractivity contribution in [2.24, 2.45) is 29.6 Å². The average Bonchev–Trinajstić information content (AvgIpc) is 2.71. The third-order valence-corrected chi connectivity index (χ3v) is 8.35. The summed E-state index contributed by atoms with van der Waals surface area (Å²) in [6, 6.07) is 0. The summed E-state index contributed by atoms with van der Waals surface area (Å²) in [6.07, 6.45) is 22.5. The van der Waals surface area contributed by atoms with Crippen LogP contribution >= 0.6 is 0 Å². The lowest BCUT2D eigenvalue weighted by Gasteiger charge is -2.50. The molecule has 3 aliphatic carbocycles. The van der Waals surface area contributed by atoms with Gasteiger partial charge in [-0.25, -0.2) is 0 Å². The molecule has 0 aromatic rings. The van der Waals surface area contributed by atoms with Gasteiger partial charge in [-0.3, -0.25) is 4.79 Å². The van der Waals surface area contributed by atoms with Gasteiger partial charge >= 0.3 is 5.97 Å². The molecule has 2 nitrogen and oxygen atoms in total. The van der Waals surface area contributed by atoms with Crippen LogP contribution in [0, 0.1) is 29.6 Å². The van der Waals surface area contributed by atoms with Crippen molar-refractivity contribution in [3.63, 3.8) is 0 Å². The predicted molar refractivity (Wildman–Crippen MR) is 117 cm³/mol. The molecule has 4 unspecified atom stereocenters. The number of unbranched alkanes of at least 4 members (excludes halogenated alkanes) is 5. The highest BCUT2D eigenvalue weighted by Gasteiger charge is 2.44. The number of hydrogen-bond donors (Lipinski definition) is 0. The molecule has 3 aliphatic rings. The zero-order chi connectivity index (χ0) is 19.8. The maximum Gasteiger partial charge on any atom is 0.306 e. The first-order chi connectivity index (χ1) is 13.7. The highest BCUT2D eigenvalue weighted by Crippen LogP contribution is 2.53. The van der Waals surface area contributed by atoms with E-state index in [9.17, 15) is 4.79 Å². The van der Waals surface area contributed by atoms with E-state index in [-0.39, 0.29) is 12.1 Å².